The highest BCUT2D eigenvalue weighted by atomic mass is 16.5. The zero-order chi connectivity index (χ0) is 19.3. The van der Waals surface area contributed by atoms with E-state index in [0.717, 1.165) is 25.4 Å². The minimum Gasteiger partial charge on any atom is -0.492 e. The molecule has 1 aliphatic rings. The Morgan fingerprint density at radius 3 is 2.50 bits per heavy atom. The molecule has 1 aromatic heterocycles. The summed E-state index contributed by atoms with van der Waals surface area (Å²) in [7, 11) is 0. The zero-order valence-corrected chi connectivity index (χ0v) is 15.5. The third kappa shape index (κ3) is 4.04. The number of benzene rings is 2. The van der Waals surface area contributed by atoms with Crippen LogP contribution in [0.15, 0.2) is 59.4 Å². The largest absolute Gasteiger partial charge is 0.492 e. The van der Waals surface area contributed by atoms with E-state index in [2.05, 4.69) is 14.9 Å². The van der Waals surface area contributed by atoms with Crippen LogP contribution in [0, 0.1) is 0 Å². The lowest BCUT2D eigenvalue weighted by molar-refractivity contribution is 0.0616. The van der Waals surface area contributed by atoms with Crippen LogP contribution in [0.4, 0.5) is 0 Å². The van der Waals surface area contributed by atoms with Crippen LogP contribution < -0.4 is 10.4 Å². The van der Waals surface area contributed by atoms with Gasteiger partial charge in [0.05, 0.1) is 5.52 Å². The molecule has 144 valence electrons. The summed E-state index contributed by atoms with van der Waals surface area (Å²) >= 11 is 0. The second kappa shape index (κ2) is 8.22. The highest BCUT2D eigenvalue weighted by molar-refractivity contribution is 6.04. The van der Waals surface area contributed by atoms with E-state index in [0.29, 0.717) is 30.6 Å². The molecule has 7 nitrogen and oxygen atoms in total. The first-order chi connectivity index (χ1) is 13.7. The molecule has 2 heterocycles. The van der Waals surface area contributed by atoms with Crippen molar-refractivity contribution in [3.63, 3.8) is 0 Å². The molecule has 0 aliphatic carbocycles. The molecular weight excluding hydrogens is 356 g/mol. The Balaban J connectivity index is 1.35. The number of ether oxygens (including phenoxy) is 1. The van der Waals surface area contributed by atoms with Crippen LogP contribution in [0.5, 0.6) is 5.75 Å². The molecule has 0 radical (unpaired) electrons. The monoisotopic (exact) mass is 378 g/mol. The zero-order valence-electron chi connectivity index (χ0n) is 15.5. The maximum atomic E-state index is 12.9. The number of fused-ring (bicyclic) bond motifs is 1. The van der Waals surface area contributed by atoms with Crippen molar-refractivity contribution in [2.75, 3.05) is 39.3 Å². The van der Waals surface area contributed by atoms with Gasteiger partial charge in [-0.1, -0.05) is 36.4 Å². The number of rotatable bonds is 5. The number of amides is 1. The van der Waals surface area contributed by atoms with Crippen LogP contribution in [0.3, 0.4) is 0 Å². The lowest BCUT2D eigenvalue weighted by Gasteiger charge is -2.34. The Morgan fingerprint density at radius 1 is 1.00 bits per heavy atom. The topological polar surface area (TPSA) is 78.5 Å². The van der Waals surface area contributed by atoms with Gasteiger partial charge < -0.3 is 14.6 Å². The van der Waals surface area contributed by atoms with Crippen molar-refractivity contribution in [2.45, 2.75) is 0 Å². The molecule has 2 aromatic carbocycles. The predicted molar refractivity (Wildman–Crippen MR) is 107 cm³/mol. The number of hydrogen-bond donors (Lipinski definition) is 1. The molecule has 1 saturated heterocycles. The number of aromatic nitrogens is 2. The normalized spacial score (nSPS) is 14.9. The predicted octanol–water partition coefficient (Wildman–Crippen LogP) is 1.76. The SMILES string of the molecule is O=C(c1nc(=O)[nH]c2ccccc12)N1CCN(CCOc2ccccc2)CC1. The molecule has 1 fully saturated rings. The molecule has 3 aromatic rings. The van der Waals surface area contributed by atoms with Crippen molar-refractivity contribution >= 4 is 16.8 Å². The number of hydrogen-bond acceptors (Lipinski definition) is 5. The lowest BCUT2D eigenvalue weighted by atomic mass is 10.1. The standard InChI is InChI=1S/C21H22N4O3/c26-20(19-17-8-4-5-9-18(17)22-21(27)23-19)25-12-10-24(11-13-25)14-15-28-16-6-2-1-3-7-16/h1-9H,10-15H2,(H,22,23,27). The van der Waals surface area contributed by atoms with Crippen molar-refractivity contribution in [1.82, 2.24) is 19.8 Å². The van der Waals surface area contributed by atoms with Gasteiger partial charge in [-0.05, 0) is 18.2 Å². The van der Waals surface area contributed by atoms with Gasteiger partial charge in [-0.3, -0.25) is 9.69 Å². The fourth-order valence-corrected chi connectivity index (χ4v) is 3.40. The number of piperazine rings is 1. The van der Waals surface area contributed by atoms with E-state index in [1.54, 1.807) is 11.0 Å². The number of carbonyl (C=O) groups is 1. The van der Waals surface area contributed by atoms with Crippen LogP contribution >= 0.6 is 0 Å². The van der Waals surface area contributed by atoms with Crippen molar-refractivity contribution < 1.29 is 9.53 Å². The smallest absolute Gasteiger partial charge is 0.346 e. The molecular formula is C21H22N4O3. The molecule has 0 bridgehead atoms. The van der Waals surface area contributed by atoms with E-state index in [4.69, 9.17) is 4.74 Å². The second-order valence-corrected chi connectivity index (χ2v) is 6.73. The van der Waals surface area contributed by atoms with Gasteiger partial charge in [-0.25, -0.2) is 4.79 Å². The Bertz CT molecular complexity index is 1010. The van der Waals surface area contributed by atoms with E-state index in [-0.39, 0.29) is 11.6 Å². The van der Waals surface area contributed by atoms with Crippen LogP contribution in [0.1, 0.15) is 10.5 Å². The van der Waals surface area contributed by atoms with Gasteiger partial charge in [0.25, 0.3) is 5.91 Å². The van der Waals surface area contributed by atoms with Gasteiger partial charge in [0.15, 0.2) is 0 Å². The van der Waals surface area contributed by atoms with Gasteiger partial charge in [0.2, 0.25) is 0 Å². The van der Waals surface area contributed by atoms with Crippen molar-refractivity contribution in [2.24, 2.45) is 0 Å². The van der Waals surface area contributed by atoms with Crippen molar-refractivity contribution in [1.29, 1.82) is 0 Å². The summed E-state index contributed by atoms with van der Waals surface area (Å²) in [6.45, 7) is 4.16. The summed E-state index contributed by atoms with van der Waals surface area (Å²) in [6, 6.07) is 17.0. The summed E-state index contributed by atoms with van der Waals surface area (Å²) in [6.07, 6.45) is 0. The maximum absolute atomic E-state index is 12.9. The second-order valence-electron chi connectivity index (χ2n) is 6.73. The third-order valence-corrected chi connectivity index (χ3v) is 4.92. The van der Waals surface area contributed by atoms with Crippen molar-refractivity contribution in [3.05, 3.63) is 70.8 Å². The number of nitrogens with one attached hydrogen (secondary N) is 1. The summed E-state index contributed by atoms with van der Waals surface area (Å²) in [5.41, 5.74) is 0.349. The van der Waals surface area contributed by atoms with Gasteiger partial charge in [-0.2, -0.15) is 4.98 Å². The maximum Gasteiger partial charge on any atom is 0.346 e. The summed E-state index contributed by atoms with van der Waals surface area (Å²) in [5.74, 6) is 0.672. The quantitative estimate of drug-likeness (QED) is 0.732. The molecule has 4 rings (SSSR count). The number of aromatic amines is 1. The van der Waals surface area contributed by atoms with Crippen molar-refractivity contribution in [3.8, 4) is 5.75 Å². The van der Waals surface area contributed by atoms with E-state index in [1.807, 2.05) is 48.5 Å². The Labute approximate surface area is 162 Å². The number of para-hydroxylation sites is 2. The van der Waals surface area contributed by atoms with Gasteiger partial charge in [0, 0.05) is 38.1 Å². The number of carbonyl (C=O) groups excluding carboxylic acids is 1. The minimum absolute atomic E-state index is 0.192. The summed E-state index contributed by atoms with van der Waals surface area (Å²) < 4.78 is 5.74. The van der Waals surface area contributed by atoms with Crippen LogP contribution in [0.2, 0.25) is 0 Å². The van der Waals surface area contributed by atoms with Gasteiger partial charge >= 0.3 is 5.69 Å². The summed E-state index contributed by atoms with van der Waals surface area (Å²) in [5, 5.41) is 0.672. The minimum atomic E-state index is -0.501. The lowest BCUT2D eigenvalue weighted by Crippen LogP contribution is -2.49. The fourth-order valence-electron chi connectivity index (χ4n) is 3.40. The van der Waals surface area contributed by atoms with Crippen LogP contribution in [0.25, 0.3) is 10.9 Å². The molecule has 0 atom stereocenters. The van der Waals surface area contributed by atoms with E-state index in [9.17, 15) is 9.59 Å². The van der Waals surface area contributed by atoms with Gasteiger partial charge in [0.1, 0.15) is 18.1 Å². The molecule has 28 heavy (non-hydrogen) atoms. The highest BCUT2D eigenvalue weighted by Crippen LogP contribution is 2.16. The molecule has 1 amide bonds. The van der Waals surface area contributed by atoms with E-state index in [1.165, 1.54) is 0 Å². The molecule has 0 spiro atoms. The number of H-pyrrole nitrogens is 1. The molecule has 0 unspecified atom stereocenters. The van der Waals surface area contributed by atoms with E-state index >= 15 is 0 Å². The summed E-state index contributed by atoms with van der Waals surface area (Å²) in [4.78, 5) is 35.4. The molecule has 7 heteroatoms. The average molecular weight is 378 g/mol. The third-order valence-electron chi connectivity index (χ3n) is 4.92. The Hall–Kier alpha value is -3.19. The number of nitrogens with zero attached hydrogens (tertiary/aromatic N) is 3. The molecule has 1 aliphatic heterocycles. The Kier molecular flexibility index (Phi) is 5.34. The molecule has 0 saturated carbocycles. The first-order valence-corrected chi connectivity index (χ1v) is 9.39. The van der Waals surface area contributed by atoms with Crippen LogP contribution in [-0.4, -0.2) is 65.0 Å². The highest BCUT2D eigenvalue weighted by Gasteiger charge is 2.24. The molecule has 1 N–H and O–H groups in total. The first-order valence-electron chi connectivity index (χ1n) is 9.39. The van der Waals surface area contributed by atoms with Crippen LogP contribution in [-0.2, 0) is 0 Å². The van der Waals surface area contributed by atoms with Gasteiger partial charge in [-0.15, -0.1) is 0 Å². The average Bonchev–Trinajstić information content (AvgIpc) is 2.74. The Morgan fingerprint density at radius 2 is 1.71 bits per heavy atom. The van der Waals surface area contributed by atoms with E-state index < -0.39 is 5.69 Å². The first kappa shape index (κ1) is 18.2. The fraction of sp³-hybridized carbons (Fsp3) is 0.286.